The van der Waals surface area contributed by atoms with Crippen LogP contribution in [0.3, 0.4) is 0 Å². The van der Waals surface area contributed by atoms with Crippen LogP contribution in [-0.2, 0) is 38.3 Å². The molecule has 0 spiro atoms. The minimum atomic E-state index is -1.31. The summed E-state index contributed by atoms with van der Waals surface area (Å²) in [6.45, 7) is 3.66. The number of benzene rings is 2. The average Bonchev–Trinajstić information content (AvgIpc) is 2.93. The number of aliphatic carboxylic acids is 2. The number of barbiturate groups is 1. The van der Waals surface area contributed by atoms with Crippen molar-refractivity contribution < 1.29 is 66.9 Å². The predicted molar refractivity (Wildman–Crippen MR) is 185 cm³/mol. The van der Waals surface area contributed by atoms with Gasteiger partial charge in [-0.15, -0.1) is 0 Å². The zero-order chi connectivity index (χ0) is 38.6. The first-order valence-electron chi connectivity index (χ1n) is 12.8. The highest BCUT2D eigenvalue weighted by Gasteiger charge is 2.37. The Labute approximate surface area is 309 Å². The Bertz CT molecular complexity index is 1530. The number of rotatable bonds is 4. The largest absolute Gasteiger partial charge is 0.481 e. The van der Waals surface area contributed by atoms with E-state index in [9.17, 15) is 51.9 Å². The maximum atomic E-state index is 13.8. The van der Waals surface area contributed by atoms with Gasteiger partial charge in [0.1, 0.15) is 24.5 Å². The molecule has 6 amide bonds. The van der Waals surface area contributed by atoms with E-state index in [1.807, 2.05) is 45.2 Å². The fourth-order valence-electron chi connectivity index (χ4n) is 2.70. The highest BCUT2D eigenvalue weighted by atomic mass is 127. The van der Waals surface area contributed by atoms with Crippen molar-refractivity contribution in [1.82, 2.24) is 10.2 Å². The summed E-state index contributed by atoms with van der Waals surface area (Å²) < 4.78 is 32.3. The quantitative estimate of drug-likeness (QED) is 0.145. The monoisotopic (exact) mass is 940 g/mol. The van der Waals surface area contributed by atoms with E-state index in [4.69, 9.17) is 10.2 Å². The number of halogens is 5. The molecule has 268 valence electrons. The minimum Gasteiger partial charge on any atom is -0.481 e. The molecular weight excluding hydrogens is 912 g/mol. The van der Waals surface area contributed by atoms with Crippen LogP contribution in [0, 0.1) is 18.8 Å². The third-order valence-electron chi connectivity index (χ3n) is 4.55. The standard InChI is InChI=1S/C11H8FIN2O3.C8H8FIN2O.C4H6O3.C3H4O4.C2H3ClO/c1-14-9(16)5-10(17)15(11(14)18)8-3-2-6(13)4-7(8)12;1-11-8(13)12-7-3-2-5(10)4-6(7)9;1-3(5)7-4(2)6;4-2(5)1-3(6)7;1-2(3)4/h2-4H,5H2,1H3;2-4H,1H3,(H2,11,12,13);1-2H3;1H2,(H,4,5)(H,6,7);1H3. The van der Waals surface area contributed by atoms with Gasteiger partial charge in [-0.3, -0.25) is 38.5 Å². The number of nitrogens with zero attached hydrogens (tertiary/aromatic N) is 2. The Morgan fingerprint density at radius 3 is 1.65 bits per heavy atom. The zero-order valence-electron chi connectivity index (χ0n) is 26.1. The second kappa shape index (κ2) is 23.9. The van der Waals surface area contributed by atoms with Crippen LogP contribution in [0.4, 0.5) is 29.7 Å². The van der Waals surface area contributed by atoms with Crippen LogP contribution in [0.5, 0.6) is 0 Å². The number of anilines is 2. The number of amides is 6. The molecule has 21 heteroatoms. The van der Waals surface area contributed by atoms with Gasteiger partial charge in [-0.1, -0.05) is 0 Å². The van der Waals surface area contributed by atoms with E-state index >= 15 is 0 Å². The van der Waals surface area contributed by atoms with Gasteiger partial charge in [0.15, 0.2) is 0 Å². The number of carboxylic acid groups (broad SMARTS) is 2. The number of hydrogen-bond donors (Lipinski definition) is 4. The second-order valence-corrected chi connectivity index (χ2v) is 11.6. The number of imide groups is 2. The van der Waals surface area contributed by atoms with Crippen molar-refractivity contribution in [2.24, 2.45) is 0 Å². The maximum absolute atomic E-state index is 13.8. The highest BCUT2D eigenvalue weighted by molar-refractivity contribution is 14.1. The Balaban J connectivity index is 0. The fourth-order valence-corrected chi connectivity index (χ4v) is 3.60. The molecule has 0 aromatic heterocycles. The normalized spacial score (nSPS) is 11.3. The third-order valence-corrected chi connectivity index (χ3v) is 5.89. The van der Waals surface area contributed by atoms with Crippen molar-refractivity contribution in [2.75, 3.05) is 24.3 Å². The van der Waals surface area contributed by atoms with Crippen LogP contribution in [0.15, 0.2) is 36.4 Å². The number of hydrogen-bond acceptors (Lipinski definition) is 10. The van der Waals surface area contributed by atoms with Crippen molar-refractivity contribution in [2.45, 2.75) is 33.6 Å². The summed E-state index contributed by atoms with van der Waals surface area (Å²) in [5, 5.41) is 19.7. The number of carbonyl (C=O) groups is 9. The molecule has 1 heterocycles. The second-order valence-electron chi connectivity index (χ2n) is 8.59. The maximum Gasteiger partial charge on any atom is 0.337 e. The Hall–Kier alpha value is -4.32. The number of esters is 2. The molecular formula is C28H29ClF2I2N4O12. The summed E-state index contributed by atoms with van der Waals surface area (Å²) in [5.74, 6) is -6.17. The lowest BCUT2D eigenvalue weighted by molar-refractivity contribution is -0.156. The molecule has 1 aliphatic rings. The van der Waals surface area contributed by atoms with E-state index in [0.717, 1.165) is 8.47 Å². The predicted octanol–water partition coefficient (Wildman–Crippen LogP) is 4.34. The zero-order valence-corrected chi connectivity index (χ0v) is 31.2. The molecule has 3 rings (SSSR count). The van der Waals surface area contributed by atoms with Gasteiger partial charge in [-0.25, -0.2) is 23.3 Å². The van der Waals surface area contributed by atoms with Gasteiger partial charge in [0.2, 0.25) is 17.1 Å². The van der Waals surface area contributed by atoms with Gasteiger partial charge < -0.3 is 25.6 Å². The van der Waals surface area contributed by atoms with E-state index in [1.165, 1.54) is 59.1 Å². The fraction of sp³-hybridized carbons (Fsp3) is 0.250. The number of urea groups is 2. The van der Waals surface area contributed by atoms with Crippen LogP contribution in [0.1, 0.15) is 33.6 Å². The van der Waals surface area contributed by atoms with Crippen LogP contribution in [0.25, 0.3) is 0 Å². The summed E-state index contributed by atoms with van der Waals surface area (Å²) in [5.41, 5.74) is 0.0459. The summed E-state index contributed by atoms with van der Waals surface area (Å²) in [6.07, 6.45) is -1.24. The molecule has 16 nitrogen and oxygen atoms in total. The molecule has 0 aliphatic carbocycles. The van der Waals surface area contributed by atoms with Crippen molar-refractivity contribution in [3.8, 4) is 0 Å². The summed E-state index contributed by atoms with van der Waals surface area (Å²) >= 11 is 8.55. The van der Waals surface area contributed by atoms with E-state index in [1.54, 1.807) is 12.1 Å². The van der Waals surface area contributed by atoms with Crippen LogP contribution >= 0.6 is 56.8 Å². The molecule has 2 aromatic carbocycles. The smallest absolute Gasteiger partial charge is 0.337 e. The number of ether oxygens (including phenoxy) is 1. The van der Waals surface area contributed by atoms with E-state index in [2.05, 4.69) is 27.0 Å². The average molecular weight is 941 g/mol. The lowest BCUT2D eigenvalue weighted by atomic mass is 10.2. The summed E-state index contributed by atoms with van der Waals surface area (Å²) in [4.78, 5) is 94.8. The Kier molecular flexibility index (Phi) is 22.8. The van der Waals surface area contributed by atoms with Gasteiger partial charge in [-0.05, 0) is 93.2 Å². The third kappa shape index (κ3) is 21.3. The SMILES string of the molecule is CC(=O)Cl.CC(=O)OC(C)=O.CN1C(=O)CC(=O)N(c2ccc(I)cc2F)C1=O.CNC(=O)Nc1ccc(I)cc1F.O=C(O)CC(=O)O. The molecule has 0 saturated carbocycles. The summed E-state index contributed by atoms with van der Waals surface area (Å²) in [6, 6.07) is 7.46. The highest BCUT2D eigenvalue weighted by Crippen LogP contribution is 2.25. The first kappa shape index (κ1) is 46.8. The van der Waals surface area contributed by atoms with Crippen LogP contribution in [-0.4, -0.2) is 82.2 Å². The number of carboxylic acids is 2. The lowest BCUT2D eigenvalue weighted by Gasteiger charge is -2.30. The molecule has 0 bridgehead atoms. The minimum absolute atomic E-state index is 0.134. The molecule has 0 atom stereocenters. The van der Waals surface area contributed by atoms with Gasteiger partial charge in [0.05, 0.1) is 11.4 Å². The van der Waals surface area contributed by atoms with Crippen molar-refractivity contribution in [1.29, 1.82) is 0 Å². The molecule has 2 aromatic rings. The topological polar surface area (TPSA) is 234 Å². The van der Waals surface area contributed by atoms with Crippen molar-refractivity contribution >= 4 is 121 Å². The number of carbonyl (C=O) groups excluding carboxylic acids is 7. The number of nitrogens with one attached hydrogen (secondary N) is 2. The molecule has 49 heavy (non-hydrogen) atoms. The van der Waals surface area contributed by atoms with Crippen LogP contribution < -0.4 is 15.5 Å². The van der Waals surface area contributed by atoms with Gasteiger partial charge in [0.25, 0.3) is 0 Å². The Morgan fingerprint density at radius 1 is 0.857 bits per heavy atom. The van der Waals surface area contributed by atoms with E-state index < -0.39 is 72.2 Å². The first-order valence-corrected chi connectivity index (χ1v) is 15.4. The molecule has 1 saturated heterocycles. The lowest BCUT2D eigenvalue weighted by Crippen LogP contribution is -2.53. The molecule has 0 unspecified atom stereocenters. The van der Waals surface area contributed by atoms with Gasteiger partial charge in [-0.2, -0.15) is 0 Å². The summed E-state index contributed by atoms with van der Waals surface area (Å²) in [7, 11) is 2.73. The van der Waals surface area contributed by atoms with Gasteiger partial charge in [0, 0.05) is 42.0 Å². The van der Waals surface area contributed by atoms with Gasteiger partial charge >= 0.3 is 35.9 Å². The van der Waals surface area contributed by atoms with E-state index in [0.29, 0.717) is 8.47 Å². The molecule has 0 radical (unpaired) electrons. The molecule has 1 fully saturated rings. The molecule has 4 N–H and O–H groups in total. The van der Waals surface area contributed by atoms with E-state index in [-0.39, 0.29) is 16.6 Å². The molecule has 1 aliphatic heterocycles. The Morgan fingerprint density at radius 2 is 1.31 bits per heavy atom. The van der Waals surface area contributed by atoms with Crippen LogP contribution in [0.2, 0.25) is 0 Å². The van der Waals surface area contributed by atoms with Crippen molar-refractivity contribution in [3.63, 3.8) is 0 Å². The van der Waals surface area contributed by atoms with Crippen molar-refractivity contribution in [3.05, 3.63) is 55.2 Å². The first-order chi connectivity index (χ1) is 22.5.